The number of nitrogens with zero attached hydrogens (tertiary/aromatic N) is 1. The molecule has 2 unspecified atom stereocenters. The van der Waals surface area contributed by atoms with E-state index in [0.29, 0.717) is 11.1 Å². The van der Waals surface area contributed by atoms with Crippen molar-refractivity contribution in [2.24, 2.45) is 5.73 Å². The first-order valence-electron chi connectivity index (χ1n) is 6.38. The number of hydrogen-bond donors (Lipinski definition) is 1. The molecule has 5 nitrogen and oxygen atoms in total. The molecule has 2 atom stereocenters. The standard InChI is InChI=1S/C13H17BrN2O3/c14-11-7-10(16(17)18)6-5-9(11)8-19-13-4-2-1-3-12(13)15/h5-7,12-13H,1-4,8,15H2. The number of halogens is 1. The molecule has 1 aliphatic carbocycles. The summed E-state index contributed by atoms with van der Waals surface area (Å²) >= 11 is 3.34. The Morgan fingerprint density at radius 3 is 2.79 bits per heavy atom. The molecule has 0 bridgehead atoms. The highest BCUT2D eigenvalue weighted by Crippen LogP contribution is 2.26. The van der Waals surface area contributed by atoms with Crippen molar-refractivity contribution >= 4 is 21.6 Å². The van der Waals surface area contributed by atoms with E-state index < -0.39 is 4.92 Å². The first-order chi connectivity index (χ1) is 9.08. The summed E-state index contributed by atoms with van der Waals surface area (Å²) in [5.74, 6) is 0. The summed E-state index contributed by atoms with van der Waals surface area (Å²) in [5.41, 5.74) is 7.00. The van der Waals surface area contributed by atoms with Gasteiger partial charge in [-0.15, -0.1) is 0 Å². The Balaban J connectivity index is 1.97. The summed E-state index contributed by atoms with van der Waals surface area (Å²) in [7, 11) is 0. The summed E-state index contributed by atoms with van der Waals surface area (Å²) in [6.45, 7) is 0.428. The van der Waals surface area contributed by atoms with Crippen LogP contribution in [0.2, 0.25) is 0 Å². The highest BCUT2D eigenvalue weighted by Gasteiger charge is 2.22. The third kappa shape index (κ3) is 3.75. The van der Waals surface area contributed by atoms with Crippen LogP contribution >= 0.6 is 15.9 Å². The number of ether oxygens (including phenoxy) is 1. The number of nitro benzene ring substituents is 1. The highest BCUT2D eigenvalue weighted by atomic mass is 79.9. The first kappa shape index (κ1) is 14.4. The topological polar surface area (TPSA) is 78.4 Å². The van der Waals surface area contributed by atoms with Crippen molar-refractivity contribution in [2.75, 3.05) is 0 Å². The van der Waals surface area contributed by atoms with Crippen molar-refractivity contribution in [3.8, 4) is 0 Å². The van der Waals surface area contributed by atoms with Gasteiger partial charge in [-0.2, -0.15) is 0 Å². The normalized spacial score (nSPS) is 23.3. The zero-order valence-electron chi connectivity index (χ0n) is 10.5. The summed E-state index contributed by atoms with van der Waals surface area (Å²) in [6, 6.07) is 4.81. The second-order valence-electron chi connectivity index (χ2n) is 4.83. The van der Waals surface area contributed by atoms with Crippen LogP contribution in [0.3, 0.4) is 0 Å². The Hall–Kier alpha value is -0.980. The molecule has 1 saturated carbocycles. The third-order valence-corrected chi connectivity index (χ3v) is 4.19. The Morgan fingerprint density at radius 2 is 2.16 bits per heavy atom. The van der Waals surface area contributed by atoms with Gasteiger partial charge in [0, 0.05) is 22.6 Å². The molecule has 2 rings (SSSR count). The van der Waals surface area contributed by atoms with Gasteiger partial charge >= 0.3 is 0 Å². The van der Waals surface area contributed by atoms with Crippen LogP contribution in [-0.4, -0.2) is 17.1 Å². The second-order valence-corrected chi connectivity index (χ2v) is 5.68. The molecule has 1 aliphatic rings. The number of rotatable bonds is 4. The monoisotopic (exact) mass is 328 g/mol. The van der Waals surface area contributed by atoms with E-state index in [1.807, 2.05) is 0 Å². The van der Waals surface area contributed by atoms with Gasteiger partial charge in [-0.05, 0) is 24.5 Å². The zero-order valence-corrected chi connectivity index (χ0v) is 12.1. The number of benzene rings is 1. The molecule has 19 heavy (non-hydrogen) atoms. The van der Waals surface area contributed by atoms with Gasteiger partial charge in [-0.3, -0.25) is 10.1 Å². The molecule has 0 aliphatic heterocycles. The molecule has 0 radical (unpaired) electrons. The SMILES string of the molecule is NC1CCCCC1OCc1ccc([N+](=O)[O-])cc1Br. The van der Waals surface area contributed by atoms with Gasteiger partial charge in [0.1, 0.15) is 0 Å². The van der Waals surface area contributed by atoms with E-state index in [9.17, 15) is 10.1 Å². The van der Waals surface area contributed by atoms with Crippen molar-refractivity contribution in [1.29, 1.82) is 0 Å². The van der Waals surface area contributed by atoms with Crippen molar-refractivity contribution < 1.29 is 9.66 Å². The molecule has 104 valence electrons. The molecule has 2 N–H and O–H groups in total. The van der Waals surface area contributed by atoms with E-state index in [4.69, 9.17) is 10.5 Å². The minimum absolute atomic E-state index is 0.0741. The van der Waals surface area contributed by atoms with E-state index in [-0.39, 0.29) is 17.8 Å². The van der Waals surface area contributed by atoms with Gasteiger partial charge in [-0.25, -0.2) is 0 Å². The fourth-order valence-corrected chi connectivity index (χ4v) is 2.78. The van der Waals surface area contributed by atoms with Crippen molar-refractivity contribution in [1.82, 2.24) is 0 Å². The van der Waals surface area contributed by atoms with E-state index in [2.05, 4.69) is 15.9 Å². The largest absolute Gasteiger partial charge is 0.372 e. The maximum atomic E-state index is 10.6. The van der Waals surface area contributed by atoms with Crippen LogP contribution in [-0.2, 0) is 11.3 Å². The molecular weight excluding hydrogens is 312 g/mol. The van der Waals surface area contributed by atoms with Crippen molar-refractivity contribution in [2.45, 2.75) is 44.4 Å². The molecule has 0 spiro atoms. The number of hydrogen-bond acceptors (Lipinski definition) is 4. The van der Waals surface area contributed by atoms with Gasteiger partial charge < -0.3 is 10.5 Å². The zero-order chi connectivity index (χ0) is 13.8. The molecule has 0 heterocycles. The third-order valence-electron chi connectivity index (χ3n) is 3.45. The lowest BCUT2D eigenvalue weighted by atomic mass is 9.93. The number of nitrogens with two attached hydrogens (primary N) is 1. The van der Waals surface area contributed by atoms with E-state index >= 15 is 0 Å². The smallest absolute Gasteiger partial charge is 0.270 e. The van der Waals surface area contributed by atoms with Gasteiger partial charge in [0.15, 0.2) is 0 Å². The van der Waals surface area contributed by atoms with E-state index in [0.717, 1.165) is 24.8 Å². The van der Waals surface area contributed by atoms with Gasteiger partial charge in [0.25, 0.3) is 5.69 Å². The second kappa shape index (κ2) is 6.45. The molecule has 1 aromatic carbocycles. The molecule has 0 saturated heterocycles. The van der Waals surface area contributed by atoms with E-state index in [1.165, 1.54) is 18.6 Å². The van der Waals surface area contributed by atoms with Crippen molar-refractivity contribution in [3.05, 3.63) is 38.3 Å². The van der Waals surface area contributed by atoms with E-state index in [1.54, 1.807) is 6.07 Å². The fourth-order valence-electron chi connectivity index (χ4n) is 2.30. The fraction of sp³-hybridized carbons (Fsp3) is 0.538. The first-order valence-corrected chi connectivity index (χ1v) is 7.17. The summed E-state index contributed by atoms with van der Waals surface area (Å²) in [5, 5.41) is 10.6. The highest BCUT2D eigenvalue weighted by molar-refractivity contribution is 9.10. The van der Waals surface area contributed by atoms with Crippen molar-refractivity contribution in [3.63, 3.8) is 0 Å². The lowest BCUT2D eigenvalue weighted by molar-refractivity contribution is -0.384. The molecule has 0 amide bonds. The Kier molecular flexibility index (Phi) is 4.90. The van der Waals surface area contributed by atoms with Crippen LogP contribution in [0.5, 0.6) is 0 Å². The maximum absolute atomic E-state index is 10.6. The van der Waals surface area contributed by atoms with Crippen LogP contribution in [0.4, 0.5) is 5.69 Å². The molecule has 1 fully saturated rings. The lowest BCUT2D eigenvalue weighted by Crippen LogP contribution is -2.39. The summed E-state index contributed by atoms with van der Waals surface area (Å²) in [4.78, 5) is 10.2. The van der Waals surface area contributed by atoms with Crippen LogP contribution in [0.1, 0.15) is 31.2 Å². The molecule has 1 aromatic rings. The van der Waals surface area contributed by atoms with Crippen LogP contribution in [0.15, 0.2) is 22.7 Å². The average Bonchev–Trinajstić information content (AvgIpc) is 2.39. The quantitative estimate of drug-likeness (QED) is 0.680. The lowest BCUT2D eigenvalue weighted by Gasteiger charge is -2.28. The Bertz CT molecular complexity index is 467. The number of non-ortho nitro benzene ring substituents is 1. The summed E-state index contributed by atoms with van der Waals surface area (Å²) in [6.07, 6.45) is 4.41. The minimum Gasteiger partial charge on any atom is -0.372 e. The van der Waals surface area contributed by atoms with Crippen LogP contribution in [0, 0.1) is 10.1 Å². The Labute approximate surface area is 120 Å². The van der Waals surface area contributed by atoms with Gasteiger partial charge in [-0.1, -0.05) is 28.8 Å². The van der Waals surface area contributed by atoms with Crippen LogP contribution in [0.25, 0.3) is 0 Å². The van der Waals surface area contributed by atoms with Gasteiger partial charge in [0.2, 0.25) is 0 Å². The molecule has 0 aromatic heterocycles. The minimum atomic E-state index is -0.410. The number of nitro groups is 1. The average molecular weight is 329 g/mol. The van der Waals surface area contributed by atoms with Gasteiger partial charge in [0.05, 0.1) is 17.6 Å². The predicted octanol–water partition coefficient (Wildman–Crippen LogP) is 3.14. The van der Waals surface area contributed by atoms with Crippen LogP contribution < -0.4 is 5.73 Å². The predicted molar refractivity (Wildman–Crippen MR) is 75.8 cm³/mol. The summed E-state index contributed by atoms with van der Waals surface area (Å²) < 4.78 is 6.54. The molecular formula is C13H17BrN2O3. The Morgan fingerprint density at radius 1 is 1.42 bits per heavy atom. The molecule has 6 heteroatoms. The maximum Gasteiger partial charge on any atom is 0.270 e.